The third-order valence-corrected chi connectivity index (χ3v) is 4.22. The van der Waals surface area contributed by atoms with Crippen LogP contribution in [0.25, 0.3) is 11.1 Å². The van der Waals surface area contributed by atoms with Crippen LogP contribution in [0.15, 0.2) is 41.4 Å². The second kappa shape index (κ2) is 8.55. The van der Waals surface area contributed by atoms with E-state index in [2.05, 4.69) is 17.1 Å². The molecule has 3 rings (SSSR count). The van der Waals surface area contributed by atoms with Gasteiger partial charge in [0.2, 0.25) is 11.6 Å². The quantitative estimate of drug-likeness (QED) is 0.667. The fraction of sp³-hybridized carbons (Fsp3) is 0.435. The zero-order chi connectivity index (χ0) is 20.3. The second-order valence-electron chi connectivity index (χ2n) is 7.45. The van der Waals surface area contributed by atoms with E-state index < -0.39 is 0 Å². The highest BCUT2D eigenvalue weighted by atomic mass is 16.5. The van der Waals surface area contributed by atoms with Crippen LogP contribution in [0.3, 0.4) is 0 Å². The lowest BCUT2D eigenvalue weighted by Gasteiger charge is -2.23. The van der Waals surface area contributed by atoms with Gasteiger partial charge in [-0.25, -0.2) is 4.99 Å². The molecule has 150 valence electrons. The fourth-order valence-electron chi connectivity index (χ4n) is 3.17. The van der Waals surface area contributed by atoms with Crippen LogP contribution in [0.1, 0.15) is 40.2 Å². The summed E-state index contributed by atoms with van der Waals surface area (Å²) in [6, 6.07) is 12.2. The molecule has 0 saturated carbocycles. The minimum Gasteiger partial charge on any atom is -0.492 e. The van der Waals surface area contributed by atoms with Crippen molar-refractivity contribution >= 4 is 5.90 Å². The molecule has 0 spiro atoms. The van der Waals surface area contributed by atoms with Gasteiger partial charge in [0.1, 0.15) is 6.61 Å². The molecular weight excluding hydrogens is 354 g/mol. The van der Waals surface area contributed by atoms with E-state index in [9.17, 15) is 0 Å². The van der Waals surface area contributed by atoms with Gasteiger partial charge in [-0.3, -0.25) is 0 Å². The topological polar surface area (TPSA) is 49.3 Å². The Hall–Kier alpha value is -2.69. The molecule has 1 atom stereocenters. The number of rotatable bonds is 7. The fourth-order valence-corrected chi connectivity index (χ4v) is 3.17. The molecule has 2 aromatic carbocycles. The van der Waals surface area contributed by atoms with Crippen LogP contribution in [-0.4, -0.2) is 37.9 Å². The standard InChI is InChI=1S/C23H29NO4/c1-14(2)27-19-12-18(17-10-8-7-9-11-17)20(23-24-16(5)13-26-23)22(25-6)21(19)28-15(3)4/h7-12,14-16H,13H2,1-6H3. The van der Waals surface area contributed by atoms with Gasteiger partial charge in [-0.15, -0.1) is 0 Å². The monoisotopic (exact) mass is 383 g/mol. The zero-order valence-corrected chi connectivity index (χ0v) is 17.5. The van der Waals surface area contributed by atoms with E-state index in [1.54, 1.807) is 7.11 Å². The lowest BCUT2D eigenvalue weighted by molar-refractivity contribution is 0.191. The first-order valence-electron chi connectivity index (χ1n) is 9.75. The van der Waals surface area contributed by atoms with Crippen molar-refractivity contribution in [3.8, 4) is 28.4 Å². The van der Waals surface area contributed by atoms with Crippen LogP contribution >= 0.6 is 0 Å². The first-order valence-corrected chi connectivity index (χ1v) is 9.75. The maximum absolute atomic E-state index is 6.13. The molecule has 1 unspecified atom stereocenters. The number of benzene rings is 2. The molecular formula is C23H29NO4. The Kier molecular flexibility index (Phi) is 6.12. The molecule has 0 aromatic heterocycles. The van der Waals surface area contributed by atoms with Crippen molar-refractivity contribution in [1.82, 2.24) is 0 Å². The maximum atomic E-state index is 6.13. The second-order valence-corrected chi connectivity index (χ2v) is 7.45. The summed E-state index contributed by atoms with van der Waals surface area (Å²) in [5.74, 6) is 2.38. The van der Waals surface area contributed by atoms with Crippen LogP contribution < -0.4 is 14.2 Å². The van der Waals surface area contributed by atoms with Gasteiger partial charge >= 0.3 is 0 Å². The van der Waals surface area contributed by atoms with Gasteiger partial charge in [-0.1, -0.05) is 30.3 Å². The minimum absolute atomic E-state index is 0.00575. The van der Waals surface area contributed by atoms with Gasteiger partial charge in [-0.05, 0) is 46.2 Å². The summed E-state index contributed by atoms with van der Waals surface area (Å²) in [6.07, 6.45) is -0.0435. The molecule has 1 aliphatic rings. The van der Waals surface area contributed by atoms with Crippen molar-refractivity contribution in [1.29, 1.82) is 0 Å². The Morgan fingerprint density at radius 3 is 2.21 bits per heavy atom. The van der Waals surface area contributed by atoms with Crippen molar-refractivity contribution < 1.29 is 18.9 Å². The summed E-state index contributed by atoms with van der Waals surface area (Å²) in [7, 11) is 1.64. The highest BCUT2D eigenvalue weighted by Gasteiger charge is 2.30. The van der Waals surface area contributed by atoms with E-state index in [1.165, 1.54) is 0 Å². The maximum Gasteiger partial charge on any atom is 0.221 e. The van der Waals surface area contributed by atoms with Crippen LogP contribution in [-0.2, 0) is 4.74 Å². The van der Waals surface area contributed by atoms with Gasteiger partial charge in [0, 0.05) is 5.56 Å². The van der Waals surface area contributed by atoms with Crippen LogP contribution in [0, 0.1) is 0 Å². The average molecular weight is 383 g/mol. The zero-order valence-electron chi connectivity index (χ0n) is 17.5. The van der Waals surface area contributed by atoms with Gasteiger partial charge in [0.25, 0.3) is 0 Å². The number of aliphatic imine (C=N–C) groups is 1. The molecule has 1 aliphatic heterocycles. The molecule has 0 amide bonds. The molecule has 1 heterocycles. The Morgan fingerprint density at radius 2 is 1.68 bits per heavy atom. The Labute approximate surface area is 167 Å². The molecule has 0 bridgehead atoms. The summed E-state index contributed by atoms with van der Waals surface area (Å²) >= 11 is 0. The van der Waals surface area contributed by atoms with E-state index in [0.717, 1.165) is 16.7 Å². The summed E-state index contributed by atoms with van der Waals surface area (Å²) in [5, 5.41) is 0. The molecule has 0 fully saturated rings. The molecule has 5 heteroatoms. The molecule has 0 saturated heterocycles. The van der Waals surface area contributed by atoms with Crippen molar-refractivity contribution in [3.63, 3.8) is 0 Å². The third kappa shape index (κ3) is 4.24. The predicted octanol–water partition coefficient (Wildman–Crippen LogP) is 5.10. The largest absolute Gasteiger partial charge is 0.492 e. The Bertz CT molecular complexity index is 843. The average Bonchev–Trinajstić information content (AvgIpc) is 3.08. The summed E-state index contributed by atoms with van der Waals surface area (Å²) < 4.78 is 24.0. The first-order chi connectivity index (χ1) is 13.4. The lowest BCUT2D eigenvalue weighted by atomic mass is 9.97. The number of nitrogens with zero attached hydrogens (tertiary/aromatic N) is 1. The van der Waals surface area contributed by atoms with E-state index >= 15 is 0 Å². The Balaban J connectivity index is 2.31. The summed E-state index contributed by atoms with van der Waals surface area (Å²) in [5.41, 5.74) is 2.77. The van der Waals surface area contributed by atoms with Crippen molar-refractivity contribution in [2.45, 2.75) is 52.9 Å². The van der Waals surface area contributed by atoms with E-state index in [1.807, 2.05) is 58.9 Å². The highest BCUT2D eigenvalue weighted by Crippen LogP contribution is 2.47. The molecule has 28 heavy (non-hydrogen) atoms. The van der Waals surface area contributed by atoms with E-state index in [4.69, 9.17) is 18.9 Å². The lowest BCUT2D eigenvalue weighted by Crippen LogP contribution is -2.15. The van der Waals surface area contributed by atoms with E-state index in [0.29, 0.717) is 29.8 Å². The number of methoxy groups -OCH3 is 1. The van der Waals surface area contributed by atoms with Crippen LogP contribution in [0.2, 0.25) is 0 Å². The first kappa shape index (κ1) is 20.1. The number of ether oxygens (including phenoxy) is 4. The molecule has 0 N–H and O–H groups in total. The van der Waals surface area contributed by atoms with Crippen molar-refractivity contribution in [2.24, 2.45) is 4.99 Å². The highest BCUT2D eigenvalue weighted by molar-refractivity contribution is 6.05. The van der Waals surface area contributed by atoms with Crippen molar-refractivity contribution in [3.05, 3.63) is 42.0 Å². The molecule has 5 nitrogen and oxygen atoms in total. The van der Waals surface area contributed by atoms with E-state index in [-0.39, 0.29) is 18.2 Å². The molecule has 0 aliphatic carbocycles. The van der Waals surface area contributed by atoms with Crippen LogP contribution in [0.4, 0.5) is 0 Å². The summed E-state index contributed by atoms with van der Waals surface area (Å²) in [6.45, 7) is 10.5. The molecule has 2 aromatic rings. The van der Waals surface area contributed by atoms with Gasteiger partial charge < -0.3 is 18.9 Å². The number of hydrogen-bond donors (Lipinski definition) is 0. The minimum atomic E-state index is -0.0378. The normalized spacial score (nSPS) is 16.1. The van der Waals surface area contributed by atoms with Gasteiger partial charge in [-0.2, -0.15) is 0 Å². The SMILES string of the molecule is COc1c(OC(C)C)c(OC(C)C)cc(-c2ccccc2)c1C1=NC(C)CO1. The predicted molar refractivity (Wildman–Crippen MR) is 112 cm³/mol. The number of hydrogen-bond acceptors (Lipinski definition) is 5. The van der Waals surface area contributed by atoms with Crippen molar-refractivity contribution in [2.75, 3.05) is 13.7 Å². The van der Waals surface area contributed by atoms with Gasteiger partial charge in [0.15, 0.2) is 11.5 Å². The van der Waals surface area contributed by atoms with Crippen LogP contribution in [0.5, 0.6) is 17.2 Å². The smallest absolute Gasteiger partial charge is 0.221 e. The molecule has 0 radical (unpaired) electrons. The Morgan fingerprint density at radius 1 is 1.00 bits per heavy atom. The van der Waals surface area contributed by atoms with Gasteiger partial charge in [0.05, 0.1) is 30.9 Å². The summed E-state index contributed by atoms with van der Waals surface area (Å²) in [4.78, 5) is 4.68. The third-order valence-electron chi connectivity index (χ3n) is 4.22.